The Bertz CT molecular complexity index is 1250. The number of hydrogen-bond acceptors (Lipinski definition) is 6. The van der Waals surface area contributed by atoms with Crippen LogP contribution in [0.5, 0.6) is 0 Å². The van der Waals surface area contributed by atoms with Crippen LogP contribution in [-0.4, -0.2) is 67.2 Å². The zero-order valence-corrected chi connectivity index (χ0v) is 20.2. The molecule has 2 aliphatic rings. The van der Waals surface area contributed by atoms with Crippen LogP contribution in [0.1, 0.15) is 36.8 Å². The van der Waals surface area contributed by atoms with E-state index in [4.69, 9.17) is 0 Å². The molecule has 1 aliphatic heterocycles. The number of benzene rings is 1. The van der Waals surface area contributed by atoms with Gasteiger partial charge in [0.1, 0.15) is 0 Å². The van der Waals surface area contributed by atoms with Gasteiger partial charge in [-0.25, -0.2) is 0 Å². The fourth-order valence-electron chi connectivity index (χ4n) is 5.31. The van der Waals surface area contributed by atoms with E-state index in [9.17, 15) is 23.1 Å². The van der Waals surface area contributed by atoms with Crippen molar-refractivity contribution in [2.24, 2.45) is 14.1 Å². The number of fused-ring (bicyclic) bond motifs is 1. The van der Waals surface area contributed by atoms with Crippen LogP contribution in [0.2, 0.25) is 0 Å². The van der Waals surface area contributed by atoms with Crippen LogP contribution in [-0.2, 0) is 30.7 Å². The highest BCUT2D eigenvalue weighted by atomic mass is 19.4. The first kappa shape index (κ1) is 24.6. The van der Waals surface area contributed by atoms with Crippen molar-refractivity contribution in [1.82, 2.24) is 29.8 Å². The first-order valence-corrected chi connectivity index (χ1v) is 12.0. The van der Waals surface area contributed by atoms with E-state index >= 15 is 0 Å². The first-order chi connectivity index (χ1) is 17.0. The molecule has 1 aromatic carbocycles. The number of amides is 1. The molecule has 0 atom stereocenters. The molecule has 0 bridgehead atoms. The minimum absolute atomic E-state index is 0.0238. The van der Waals surface area contributed by atoms with Crippen molar-refractivity contribution in [3.05, 3.63) is 41.7 Å². The number of carbonyl (C=O) groups excluding carboxylic acids is 1. The average Bonchev–Trinajstić information content (AvgIpc) is 3.38. The second-order valence-electron chi connectivity index (χ2n) is 9.94. The average molecular weight is 506 g/mol. The molecular weight excluding hydrogens is 475 g/mol. The molecule has 0 spiro atoms. The number of likely N-dealkylation sites (tertiary alicyclic amines) is 1. The number of aromatic nitrogens is 4. The molecule has 0 radical (unpaired) electrons. The Kier molecular flexibility index (Phi) is 6.19. The minimum Gasteiger partial charge on any atom is -0.385 e. The number of alkyl halides is 3. The second-order valence-corrected chi connectivity index (χ2v) is 9.94. The third-order valence-corrected chi connectivity index (χ3v) is 7.41. The molecule has 1 saturated heterocycles. The second kappa shape index (κ2) is 9.07. The summed E-state index contributed by atoms with van der Waals surface area (Å²) in [6.07, 6.45) is 2.24. The molecular formula is C24H30F3N7O2. The van der Waals surface area contributed by atoms with Crippen molar-refractivity contribution < 1.29 is 23.1 Å². The Morgan fingerprint density at radius 3 is 2.58 bits per heavy atom. The van der Waals surface area contributed by atoms with Gasteiger partial charge >= 0.3 is 6.18 Å². The predicted octanol–water partition coefficient (Wildman–Crippen LogP) is 2.37. The Morgan fingerprint density at radius 2 is 1.94 bits per heavy atom. The molecule has 9 nitrogen and oxygen atoms in total. The Hall–Kier alpha value is -3.12. The molecule has 3 heterocycles. The first-order valence-electron chi connectivity index (χ1n) is 12.0. The summed E-state index contributed by atoms with van der Waals surface area (Å²) in [5, 5.41) is 25.6. The number of anilines is 1. The van der Waals surface area contributed by atoms with Crippen LogP contribution >= 0.6 is 0 Å². The van der Waals surface area contributed by atoms with Crippen LogP contribution in [0, 0.1) is 0 Å². The highest BCUT2D eigenvalue weighted by Gasteiger charge is 2.41. The molecule has 1 aliphatic carbocycles. The van der Waals surface area contributed by atoms with Crippen molar-refractivity contribution in [1.29, 1.82) is 0 Å². The third kappa shape index (κ3) is 4.79. The van der Waals surface area contributed by atoms with E-state index in [1.807, 2.05) is 13.2 Å². The number of nitrogens with one attached hydrogen (secondary N) is 2. The lowest BCUT2D eigenvalue weighted by molar-refractivity contribution is -0.137. The van der Waals surface area contributed by atoms with Crippen LogP contribution in [0.15, 0.2) is 30.6 Å². The summed E-state index contributed by atoms with van der Waals surface area (Å²) in [6, 6.07) is 3.84. The van der Waals surface area contributed by atoms with Gasteiger partial charge in [-0.1, -0.05) is 0 Å². The molecule has 12 heteroatoms. The number of halogens is 3. The largest absolute Gasteiger partial charge is 0.416 e. The van der Waals surface area contributed by atoms with E-state index in [1.54, 1.807) is 17.9 Å². The van der Waals surface area contributed by atoms with Crippen molar-refractivity contribution in [3.63, 3.8) is 0 Å². The fraction of sp³-hybridized carbons (Fsp3) is 0.542. The van der Waals surface area contributed by atoms with E-state index in [0.717, 1.165) is 43.6 Å². The summed E-state index contributed by atoms with van der Waals surface area (Å²) >= 11 is 0. The predicted molar refractivity (Wildman–Crippen MR) is 127 cm³/mol. The quantitative estimate of drug-likeness (QED) is 0.476. The van der Waals surface area contributed by atoms with Crippen LogP contribution < -0.4 is 10.6 Å². The lowest BCUT2D eigenvalue weighted by Crippen LogP contribution is -2.63. The van der Waals surface area contributed by atoms with Crippen LogP contribution in [0.4, 0.5) is 19.0 Å². The van der Waals surface area contributed by atoms with E-state index in [0.29, 0.717) is 29.8 Å². The Morgan fingerprint density at radius 1 is 1.22 bits per heavy atom. The van der Waals surface area contributed by atoms with E-state index < -0.39 is 17.3 Å². The maximum absolute atomic E-state index is 13.1. The molecule has 1 saturated carbocycles. The highest BCUT2D eigenvalue weighted by molar-refractivity contribution is 5.92. The van der Waals surface area contributed by atoms with Crippen molar-refractivity contribution in [3.8, 4) is 0 Å². The molecule has 2 aromatic heterocycles. The number of carbonyl (C=O) groups is 1. The monoisotopic (exact) mass is 505 g/mol. The zero-order chi connectivity index (χ0) is 25.7. The molecule has 194 valence electrons. The molecule has 5 rings (SSSR count). The molecule has 1 amide bonds. The number of nitrogens with zero attached hydrogens (tertiary/aromatic N) is 5. The SMILES string of the molecule is Cn1cc(C2(O)CCC(N3CC(NC(=O)CNc4nn(C)c5ccc(C(F)(F)F)cc45)C3)CC2)cn1. The Balaban J connectivity index is 1.09. The molecule has 0 unspecified atom stereocenters. The van der Waals surface area contributed by atoms with E-state index in [1.165, 1.54) is 10.7 Å². The summed E-state index contributed by atoms with van der Waals surface area (Å²) in [5.41, 5.74) is -0.180. The highest BCUT2D eigenvalue weighted by Crippen LogP contribution is 2.39. The van der Waals surface area contributed by atoms with E-state index in [2.05, 4.69) is 25.7 Å². The van der Waals surface area contributed by atoms with Crippen LogP contribution in [0.3, 0.4) is 0 Å². The van der Waals surface area contributed by atoms with Gasteiger partial charge in [-0.05, 0) is 43.9 Å². The normalized spacial score (nSPS) is 23.6. The zero-order valence-electron chi connectivity index (χ0n) is 20.2. The van der Waals surface area contributed by atoms with Gasteiger partial charge in [0, 0.05) is 50.4 Å². The van der Waals surface area contributed by atoms with Gasteiger partial charge in [-0.2, -0.15) is 23.4 Å². The smallest absolute Gasteiger partial charge is 0.385 e. The summed E-state index contributed by atoms with van der Waals surface area (Å²) in [6.45, 7) is 1.40. The molecule has 3 N–H and O–H groups in total. The lowest BCUT2D eigenvalue weighted by Gasteiger charge is -2.48. The maximum atomic E-state index is 13.1. The number of aryl methyl sites for hydroxylation is 2. The minimum atomic E-state index is -4.45. The third-order valence-electron chi connectivity index (χ3n) is 7.41. The number of rotatable bonds is 6. The summed E-state index contributed by atoms with van der Waals surface area (Å²) in [4.78, 5) is 14.8. The molecule has 36 heavy (non-hydrogen) atoms. The van der Waals surface area contributed by atoms with Crippen molar-refractivity contribution >= 4 is 22.6 Å². The number of aliphatic hydroxyl groups is 1. The van der Waals surface area contributed by atoms with Gasteiger partial charge in [0.2, 0.25) is 5.91 Å². The Labute approximate surface area is 206 Å². The van der Waals surface area contributed by atoms with Crippen LogP contribution in [0.25, 0.3) is 10.9 Å². The van der Waals surface area contributed by atoms with Crippen molar-refractivity contribution in [2.45, 2.75) is 49.5 Å². The lowest BCUT2D eigenvalue weighted by atomic mass is 9.77. The van der Waals surface area contributed by atoms with Gasteiger partial charge in [-0.3, -0.25) is 19.1 Å². The summed E-state index contributed by atoms with van der Waals surface area (Å²) < 4.78 is 42.5. The van der Waals surface area contributed by atoms with E-state index in [-0.39, 0.29) is 24.3 Å². The van der Waals surface area contributed by atoms with Gasteiger partial charge in [0.15, 0.2) is 5.82 Å². The standard InChI is InChI=1S/C24H30F3N7O2/c1-32-12-16(10-29-32)23(36)7-5-18(6-8-23)34-13-17(14-34)30-21(35)11-28-22-19-9-15(24(25,26)27)3-4-20(19)33(2)31-22/h3-4,9-10,12,17-18,36H,5-8,11,13-14H2,1-2H3,(H,28,31)(H,30,35). The fourth-order valence-corrected chi connectivity index (χ4v) is 5.31. The summed E-state index contributed by atoms with van der Waals surface area (Å²) in [7, 11) is 3.48. The van der Waals surface area contributed by atoms with Gasteiger partial charge in [0.25, 0.3) is 0 Å². The number of hydrogen-bond donors (Lipinski definition) is 3. The van der Waals surface area contributed by atoms with Gasteiger partial charge in [0.05, 0.1) is 35.5 Å². The molecule has 3 aromatic rings. The molecule has 2 fully saturated rings. The van der Waals surface area contributed by atoms with Gasteiger partial charge < -0.3 is 15.7 Å². The topological polar surface area (TPSA) is 100 Å². The summed E-state index contributed by atoms with van der Waals surface area (Å²) in [5.74, 6) is 0.00678. The van der Waals surface area contributed by atoms with Crippen molar-refractivity contribution in [2.75, 3.05) is 25.0 Å². The van der Waals surface area contributed by atoms with Gasteiger partial charge in [-0.15, -0.1) is 0 Å². The maximum Gasteiger partial charge on any atom is 0.416 e.